The number of nitrogens with one attached hydrogen (secondary N) is 1. The largest absolute Gasteiger partial charge is 0.337 e. The van der Waals surface area contributed by atoms with Crippen LogP contribution in [0.25, 0.3) is 11.0 Å². The highest BCUT2D eigenvalue weighted by Gasteiger charge is 2.34. The summed E-state index contributed by atoms with van der Waals surface area (Å²) < 4.78 is 7.35. The number of hydrogen-bond acceptors (Lipinski definition) is 5. The van der Waals surface area contributed by atoms with Crippen molar-refractivity contribution in [2.24, 2.45) is 7.05 Å². The fourth-order valence-electron chi connectivity index (χ4n) is 3.29. The van der Waals surface area contributed by atoms with E-state index in [4.69, 9.17) is 4.52 Å². The van der Waals surface area contributed by atoms with Crippen LogP contribution in [-0.4, -0.2) is 37.2 Å². The van der Waals surface area contributed by atoms with Gasteiger partial charge in [-0.05, 0) is 31.0 Å². The monoisotopic (exact) mass is 354 g/mol. The van der Waals surface area contributed by atoms with Crippen LogP contribution in [0.2, 0.25) is 0 Å². The van der Waals surface area contributed by atoms with Gasteiger partial charge >= 0.3 is 6.03 Å². The Hall–Kier alpha value is -2.90. The van der Waals surface area contributed by atoms with Crippen molar-refractivity contribution in [2.75, 3.05) is 11.9 Å². The summed E-state index contributed by atoms with van der Waals surface area (Å²) >= 11 is 0. The van der Waals surface area contributed by atoms with E-state index < -0.39 is 0 Å². The maximum atomic E-state index is 12.8. The first kappa shape index (κ1) is 16.6. The zero-order valence-electron chi connectivity index (χ0n) is 15.1. The summed E-state index contributed by atoms with van der Waals surface area (Å²) in [6, 6.07) is 5.38. The van der Waals surface area contributed by atoms with Crippen molar-refractivity contribution in [1.29, 1.82) is 0 Å². The molecule has 0 aliphatic carbocycles. The van der Waals surface area contributed by atoms with Gasteiger partial charge in [0, 0.05) is 25.2 Å². The van der Waals surface area contributed by atoms with Gasteiger partial charge in [-0.2, -0.15) is 4.98 Å². The number of fused-ring (bicyclic) bond motifs is 1. The molecule has 8 heteroatoms. The van der Waals surface area contributed by atoms with Gasteiger partial charge in [0.1, 0.15) is 6.04 Å². The number of rotatable bonds is 3. The number of likely N-dealkylation sites (tertiary alicyclic amines) is 1. The molecule has 1 saturated heterocycles. The topological polar surface area (TPSA) is 89.1 Å². The van der Waals surface area contributed by atoms with E-state index in [0.717, 1.165) is 29.6 Å². The summed E-state index contributed by atoms with van der Waals surface area (Å²) in [6.45, 7) is 4.70. The highest BCUT2D eigenvalue weighted by molar-refractivity contribution is 5.92. The van der Waals surface area contributed by atoms with Crippen molar-refractivity contribution in [2.45, 2.75) is 38.6 Å². The smallest absolute Gasteiger partial charge is 0.322 e. The number of amides is 2. The fraction of sp³-hybridized carbons (Fsp3) is 0.444. The number of hydrogen-bond donors (Lipinski definition) is 1. The van der Waals surface area contributed by atoms with Gasteiger partial charge in [-0.15, -0.1) is 0 Å². The van der Waals surface area contributed by atoms with Crippen molar-refractivity contribution in [3.63, 3.8) is 0 Å². The molecule has 26 heavy (non-hydrogen) atoms. The van der Waals surface area contributed by atoms with E-state index >= 15 is 0 Å². The van der Waals surface area contributed by atoms with E-state index in [1.54, 1.807) is 11.2 Å². The average Bonchev–Trinajstić information content (AvgIpc) is 3.33. The Morgan fingerprint density at radius 2 is 2.23 bits per heavy atom. The van der Waals surface area contributed by atoms with Gasteiger partial charge in [0.25, 0.3) is 0 Å². The third-order valence-corrected chi connectivity index (χ3v) is 4.75. The van der Waals surface area contributed by atoms with E-state index in [9.17, 15) is 4.79 Å². The fourth-order valence-corrected chi connectivity index (χ4v) is 3.29. The van der Waals surface area contributed by atoms with E-state index in [1.165, 1.54) is 0 Å². The van der Waals surface area contributed by atoms with Gasteiger partial charge in [-0.3, -0.25) is 0 Å². The number of carbonyl (C=O) groups is 1. The number of urea groups is 1. The van der Waals surface area contributed by atoms with Crippen LogP contribution in [0.3, 0.4) is 0 Å². The second kappa shape index (κ2) is 6.44. The first-order valence-corrected chi connectivity index (χ1v) is 8.85. The predicted molar refractivity (Wildman–Crippen MR) is 96.8 cm³/mol. The summed E-state index contributed by atoms with van der Waals surface area (Å²) in [5.74, 6) is 1.38. The minimum atomic E-state index is -0.173. The predicted octanol–water partition coefficient (Wildman–Crippen LogP) is 3.45. The van der Waals surface area contributed by atoms with Gasteiger partial charge in [0.2, 0.25) is 5.89 Å². The number of carbonyl (C=O) groups excluding carboxylic acids is 1. The van der Waals surface area contributed by atoms with Crippen LogP contribution in [-0.2, 0) is 7.05 Å². The Morgan fingerprint density at radius 1 is 1.38 bits per heavy atom. The third kappa shape index (κ3) is 2.91. The molecule has 0 unspecified atom stereocenters. The first-order valence-electron chi connectivity index (χ1n) is 8.85. The molecule has 2 amide bonds. The number of imidazole rings is 1. The van der Waals surface area contributed by atoms with Gasteiger partial charge in [-0.25, -0.2) is 9.78 Å². The molecule has 4 rings (SSSR count). The Morgan fingerprint density at radius 3 is 3.00 bits per heavy atom. The molecule has 1 N–H and O–H groups in total. The summed E-state index contributed by atoms with van der Waals surface area (Å²) in [4.78, 5) is 23.3. The summed E-state index contributed by atoms with van der Waals surface area (Å²) in [7, 11) is 1.94. The lowest BCUT2D eigenvalue weighted by Gasteiger charge is -2.22. The second-order valence-corrected chi connectivity index (χ2v) is 6.99. The number of aromatic nitrogens is 4. The average molecular weight is 354 g/mol. The number of aryl methyl sites for hydroxylation is 1. The molecule has 1 fully saturated rings. The first-order chi connectivity index (χ1) is 12.5. The molecule has 0 bridgehead atoms. The Bertz CT molecular complexity index is 944. The molecule has 1 aromatic carbocycles. The van der Waals surface area contributed by atoms with Crippen LogP contribution >= 0.6 is 0 Å². The lowest BCUT2D eigenvalue weighted by atomic mass is 10.2. The summed E-state index contributed by atoms with van der Waals surface area (Å²) in [6.07, 6.45) is 3.50. The maximum Gasteiger partial charge on any atom is 0.322 e. The minimum Gasteiger partial charge on any atom is -0.337 e. The number of nitrogens with zero attached hydrogens (tertiary/aromatic N) is 5. The van der Waals surface area contributed by atoms with Crippen LogP contribution in [0.15, 0.2) is 29.0 Å². The summed E-state index contributed by atoms with van der Waals surface area (Å²) in [5, 5.41) is 6.98. The summed E-state index contributed by atoms with van der Waals surface area (Å²) in [5.41, 5.74) is 2.59. The molecular weight excluding hydrogens is 332 g/mol. The van der Waals surface area contributed by atoms with Gasteiger partial charge in [0.15, 0.2) is 5.82 Å². The molecule has 2 aromatic heterocycles. The Labute approximate surface area is 151 Å². The molecule has 1 aliphatic heterocycles. The lowest BCUT2D eigenvalue weighted by molar-refractivity contribution is 0.193. The highest BCUT2D eigenvalue weighted by Crippen LogP contribution is 2.32. The van der Waals surface area contributed by atoms with Gasteiger partial charge in [-0.1, -0.05) is 19.0 Å². The van der Waals surface area contributed by atoms with Crippen LogP contribution in [0, 0.1) is 0 Å². The molecule has 3 aromatic rings. The van der Waals surface area contributed by atoms with Crippen LogP contribution in [0.1, 0.15) is 50.4 Å². The quantitative estimate of drug-likeness (QED) is 0.778. The van der Waals surface area contributed by atoms with Crippen molar-refractivity contribution in [3.8, 4) is 0 Å². The molecule has 3 heterocycles. The second-order valence-electron chi connectivity index (χ2n) is 6.99. The number of anilines is 1. The SMILES string of the molecule is CC(C)c1noc([C@@H]2CCCN2C(=O)Nc2ccc3c(c2)ncn3C)n1. The third-order valence-electron chi connectivity index (χ3n) is 4.75. The highest BCUT2D eigenvalue weighted by atomic mass is 16.5. The zero-order valence-corrected chi connectivity index (χ0v) is 15.1. The van der Waals surface area contributed by atoms with Crippen LogP contribution in [0.5, 0.6) is 0 Å². The molecule has 1 atom stereocenters. The van der Waals surface area contributed by atoms with Crippen LogP contribution in [0.4, 0.5) is 10.5 Å². The van der Waals surface area contributed by atoms with Gasteiger partial charge < -0.3 is 19.3 Å². The van der Waals surface area contributed by atoms with Crippen molar-refractivity contribution in [1.82, 2.24) is 24.6 Å². The molecule has 0 saturated carbocycles. The maximum absolute atomic E-state index is 12.8. The Kier molecular flexibility index (Phi) is 4.10. The zero-order chi connectivity index (χ0) is 18.3. The van der Waals surface area contributed by atoms with Crippen molar-refractivity contribution >= 4 is 22.8 Å². The van der Waals surface area contributed by atoms with Crippen molar-refractivity contribution < 1.29 is 9.32 Å². The van der Waals surface area contributed by atoms with Crippen LogP contribution < -0.4 is 5.32 Å². The van der Waals surface area contributed by atoms with E-state index in [2.05, 4.69) is 20.4 Å². The molecule has 1 aliphatic rings. The van der Waals surface area contributed by atoms with Crippen molar-refractivity contribution in [3.05, 3.63) is 36.2 Å². The molecule has 0 spiro atoms. The molecular formula is C18H22N6O2. The van der Waals surface area contributed by atoms with E-state index in [1.807, 2.05) is 43.7 Å². The van der Waals surface area contributed by atoms with E-state index in [0.29, 0.717) is 18.3 Å². The lowest BCUT2D eigenvalue weighted by Crippen LogP contribution is -2.34. The number of benzene rings is 1. The van der Waals surface area contributed by atoms with Gasteiger partial charge in [0.05, 0.1) is 17.4 Å². The molecule has 0 radical (unpaired) electrons. The molecule has 8 nitrogen and oxygen atoms in total. The molecule has 136 valence electrons. The normalized spacial score (nSPS) is 17.4. The Balaban J connectivity index is 1.52. The standard InChI is InChI=1S/C18H22N6O2/c1-11(2)16-21-17(26-22-16)15-5-4-8-24(15)18(25)20-12-6-7-14-13(9-12)19-10-23(14)3/h6-7,9-11,15H,4-5,8H2,1-3H3,(H,20,25)/t15-/m0/s1. The van der Waals surface area contributed by atoms with E-state index in [-0.39, 0.29) is 18.0 Å². The minimum absolute atomic E-state index is 0.160.